The zero-order chi connectivity index (χ0) is 14.0. The van der Waals surface area contributed by atoms with Gasteiger partial charge in [0, 0.05) is 11.6 Å². The smallest absolute Gasteiger partial charge is 0.141 e. The average Bonchev–Trinajstić information content (AvgIpc) is 2.88. The molecule has 3 saturated carbocycles. The molecule has 0 aromatic heterocycles. The van der Waals surface area contributed by atoms with Gasteiger partial charge in [-0.1, -0.05) is 0 Å². The van der Waals surface area contributed by atoms with Crippen LogP contribution in [-0.2, 0) is 0 Å². The summed E-state index contributed by atoms with van der Waals surface area (Å²) in [6.07, 6.45) is 4.19. The van der Waals surface area contributed by atoms with Crippen molar-refractivity contribution in [2.24, 2.45) is 29.6 Å². The molecule has 1 nitrogen and oxygen atoms in total. The van der Waals surface area contributed by atoms with Crippen LogP contribution in [0.2, 0.25) is 0 Å². The molecule has 0 spiro atoms. The molecule has 5 unspecified atom stereocenters. The van der Waals surface area contributed by atoms with Gasteiger partial charge in [-0.2, -0.15) is 0 Å². The van der Waals surface area contributed by atoms with E-state index in [0.717, 1.165) is 29.2 Å². The van der Waals surface area contributed by atoms with Crippen molar-refractivity contribution in [1.82, 2.24) is 0 Å². The van der Waals surface area contributed by atoms with E-state index in [0.29, 0.717) is 16.1 Å². The van der Waals surface area contributed by atoms with E-state index in [-0.39, 0.29) is 11.2 Å². The van der Waals surface area contributed by atoms with Gasteiger partial charge in [0.25, 0.3) is 0 Å². The fourth-order valence-electron chi connectivity index (χ4n) is 4.93. The van der Waals surface area contributed by atoms with Crippen LogP contribution >= 0.6 is 27.5 Å². The molecule has 2 bridgehead atoms. The van der Waals surface area contributed by atoms with E-state index in [2.05, 4.69) is 15.9 Å². The lowest BCUT2D eigenvalue weighted by Crippen LogP contribution is -2.06. The first-order valence-electron chi connectivity index (χ1n) is 7.28. The highest BCUT2D eigenvalue weighted by molar-refractivity contribution is 9.10. The standard InChI is InChI=1S/C16H17BrClFO/c1-20-12-6-11(19)10(17)5-9(12)16(18)15-13-7-2-3-8(4-7)14(13)15/h5-8,13-16H,2-4H2,1H3. The molecule has 3 fully saturated rings. The quantitative estimate of drug-likeness (QED) is 0.677. The van der Waals surface area contributed by atoms with Crippen LogP contribution in [0.3, 0.4) is 0 Å². The average molecular weight is 360 g/mol. The number of hydrogen-bond acceptors (Lipinski definition) is 1. The summed E-state index contributed by atoms with van der Waals surface area (Å²) in [5.41, 5.74) is 0.932. The summed E-state index contributed by atoms with van der Waals surface area (Å²) in [6, 6.07) is 3.23. The third kappa shape index (κ3) is 1.78. The van der Waals surface area contributed by atoms with E-state index >= 15 is 0 Å². The molecular formula is C16H17BrClFO. The molecule has 0 aliphatic heterocycles. The van der Waals surface area contributed by atoms with Gasteiger partial charge in [0.2, 0.25) is 0 Å². The van der Waals surface area contributed by atoms with Crippen molar-refractivity contribution in [2.75, 3.05) is 7.11 Å². The molecule has 1 aromatic rings. The number of benzene rings is 1. The predicted octanol–water partition coefficient (Wildman–Crippen LogP) is 5.17. The van der Waals surface area contributed by atoms with Crippen LogP contribution < -0.4 is 4.74 Å². The topological polar surface area (TPSA) is 9.23 Å². The third-order valence-corrected chi connectivity index (χ3v) is 6.84. The SMILES string of the molecule is COc1cc(F)c(Br)cc1C(Cl)C1C2C3CCC(C3)C21. The molecule has 3 aliphatic carbocycles. The molecule has 1 aromatic carbocycles. The second kappa shape index (κ2) is 4.61. The Bertz CT molecular complexity index is 548. The van der Waals surface area contributed by atoms with Gasteiger partial charge in [-0.3, -0.25) is 0 Å². The van der Waals surface area contributed by atoms with Crippen molar-refractivity contribution in [3.05, 3.63) is 28.0 Å². The summed E-state index contributed by atoms with van der Waals surface area (Å²) >= 11 is 10.0. The summed E-state index contributed by atoms with van der Waals surface area (Å²) in [6.45, 7) is 0. The van der Waals surface area contributed by atoms with Crippen molar-refractivity contribution in [2.45, 2.75) is 24.6 Å². The maximum atomic E-state index is 13.6. The molecule has 0 saturated heterocycles. The summed E-state index contributed by atoms with van der Waals surface area (Å²) in [5.74, 6) is 4.24. The fourth-order valence-corrected chi connectivity index (χ4v) is 5.80. The second-order valence-electron chi connectivity index (χ2n) is 6.48. The Morgan fingerprint density at radius 3 is 2.55 bits per heavy atom. The van der Waals surface area contributed by atoms with E-state index in [1.165, 1.54) is 25.3 Å². The van der Waals surface area contributed by atoms with Crippen LogP contribution in [-0.4, -0.2) is 7.11 Å². The lowest BCUT2D eigenvalue weighted by molar-refractivity contribution is 0.397. The highest BCUT2D eigenvalue weighted by atomic mass is 79.9. The van der Waals surface area contributed by atoms with Crippen LogP contribution in [0.1, 0.15) is 30.2 Å². The summed E-state index contributed by atoms with van der Waals surface area (Å²) in [7, 11) is 1.58. The molecule has 0 heterocycles. The Morgan fingerprint density at radius 2 is 1.95 bits per heavy atom. The maximum absolute atomic E-state index is 13.6. The number of hydrogen-bond donors (Lipinski definition) is 0. The maximum Gasteiger partial charge on any atom is 0.141 e. The second-order valence-corrected chi connectivity index (χ2v) is 7.80. The number of halogens is 3. The molecule has 4 rings (SSSR count). The molecule has 20 heavy (non-hydrogen) atoms. The Hall–Kier alpha value is -0.280. The van der Waals surface area contributed by atoms with Gasteiger partial charge in [-0.25, -0.2) is 4.39 Å². The molecule has 0 radical (unpaired) electrons. The van der Waals surface area contributed by atoms with Crippen molar-refractivity contribution < 1.29 is 9.13 Å². The highest BCUT2D eigenvalue weighted by Gasteiger charge is 2.66. The summed E-state index contributed by atoms with van der Waals surface area (Å²) in [4.78, 5) is 0. The van der Waals surface area contributed by atoms with Crippen LogP contribution in [0, 0.1) is 35.4 Å². The predicted molar refractivity (Wildman–Crippen MR) is 80.5 cm³/mol. The first kappa shape index (κ1) is 13.4. The summed E-state index contributed by atoms with van der Waals surface area (Å²) in [5, 5.41) is -0.0553. The Kier molecular flexibility index (Phi) is 3.08. The van der Waals surface area contributed by atoms with Gasteiger partial charge >= 0.3 is 0 Å². The molecule has 0 amide bonds. The normalized spacial score (nSPS) is 38.7. The van der Waals surface area contributed by atoms with Crippen molar-refractivity contribution in [3.8, 4) is 5.75 Å². The number of alkyl halides is 1. The fraction of sp³-hybridized carbons (Fsp3) is 0.625. The van der Waals surface area contributed by atoms with Crippen LogP contribution in [0.25, 0.3) is 0 Å². The van der Waals surface area contributed by atoms with E-state index in [9.17, 15) is 4.39 Å². The van der Waals surface area contributed by atoms with E-state index in [4.69, 9.17) is 16.3 Å². The zero-order valence-corrected chi connectivity index (χ0v) is 13.6. The minimum atomic E-state index is -0.300. The minimum absolute atomic E-state index is 0.0553. The molecular weight excluding hydrogens is 343 g/mol. The Balaban J connectivity index is 1.64. The summed E-state index contributed by atoms with van der Waals surface area (Å²) < 4.78 is 19.4. The van der Waals surface area contributed by atoms with Gasteiger partial charge in [0.15, 0.2) is 0 Å². The molecule has 5 atom stereocenters. The number of methoxy groups -OCH3 is 1. The zero-order valence-electron chi connectivity index (χ0n) is 11.3. The highest BCUT2D eigenvalue weighted by Crippen LogP contribution is 2.73. The van der Waals surface area contributed by atoms with Crippen molar-refractivity contribution in [1.29, 1.82) is 0 Å². The van der Waals surface area contributed by atoms with Gasteiger partial charge in [-0.15, -0.1) is 11.6 Å². The van der Waals surface area contributed by atoms with E-state index in [1.54, 1.807) is 13.2 Å². The first-order valence-corrected chi connectivity index (χ1v) is 8.51. The van der Waals surface area contributed by atoms with E-state index in [1.807, 2.05) is 0 Å². The number of fused-ring (bicyclic) bond motifs is 5. The minimum Gasteiger partial charge on any atom is -0.496 e. The van der Waals surface area contributed by atoms with Crippen LogP contribution in [0.4, 0.5) is 4.39 Å². The largest absolute Gasteiger partial charge is 0.496 e. The molecule has 0 N–H and O–H groups in total. The number of ether oxygens (including phenoxy) is 1. The van der Waals surface area contributed by atoms with Crippen molar-refractivity contribution >= 4 is 27.5 Å². The van der Waals surface area contributed by atoms with Gasteiger partial charge in [-0.05, 0) is 70.8 Å². The molecule has 108 valence electrons. The lowest BCUT2D eigenvalue weighted by Gasteiger charge is -2.18. The molecule has 4 heteroatoms. The third-order valence-electron chi connectivity index (χ3n) is 5.70. The lowest BCUT2D eigenvalue weighted by atomic mass is 9.96. The van der Waals surface area contributed by atoms with Crippen molar-refractivity contribution in [3.63, 3.8) is 0 Å². The van der Waals surface area contributed by atoms with Gasteiger partial charge < -0.3 is 4.74 Å². The molecule has 3 aliphatic rings. The van der Waals surface area contributed by atoms with Gasteiger partial charge in [0.1, 0.15) is 11.6 Å². The van der Waals surface area contributed by atoms with Crippen LogP contribution in [0.5, 0.6) is 5.75 Å². The number of rotatable bonds is 3. The first-order chi connectivity index (χ1) is 9.61. The van der Waals surface area contributed by atoms with Gasteiger partial charge in [0.05, 0.1) is 17.0 Å². The van der Waals surface area contributed by atoms with Crippen LogP contribution in [0.15, 0.2) is 16.6 Å². The Morgan fingerprint density at radius 1 is 1.30 bits per heavy atom. The van der Waals surface area contributed by atoms with E-state index < -0.39 is 0 Å². The Labute approximate surface area is 132 Å². The monoisotopic (exact) mass is 358 g/mol.